The van der Waals surface area contributed by atoms with Gasteiger partial charge in [0.1, 0.15) is 0 Å². The Hall–Kier alpha value is -0.940. The molecule has 0 aromatic carbocycles. The maximum Gasteiger partial charge on any atom is 0.345 e. The summed E-state index contributed by atoms with van der Waals surface area (Å²) in [5.41, 5.74) is 0. The van der Waals surface area contributed by atoms with Gasteiger partial charge in [0, 0.05) is 6.42 Å². The molecule has 0 bridgehead atoms. The van der Waals surface area contributed by atoms with E-state index >= 15 is 0 Å². The molecule has 0 aliphatic rings. The molecule has 1 unspecified atom stereocenters. The minimum atomic E-state index is -2.75. The zero-order valence-electron chi connectivity index (χ0n) is 9.15. The molecular weight excluding hydrogens is 188 g/mol. The molecule has 0 rings (SSSR count). The van der Waals surface area contributed by atoms with Crippen LogP contribution in [-0.2, 0) is 14.3 Å². The first-order chi connectivity index (χ1) is 6.94. The van der Waals surface area contributed by atoms with E-state index in [-0.39, 0.29) is 6.42 Å². The second kappa shape index (κ2) is 7.46. The molecule has 14 heavy (non-hydrogen) atoms. The van der Waals surface area contributed by atoms with Crippen molar-refractivity contribution in [1.82, 2.24) is 0 Å². The maximum absolute atomic E-state index is 11.0. The van der Waals surface area contributed by atoms with Crippen LogP contribution in [0, 0.1) is 0 Å². The summed E-state index contributed by atoms with van der Waals surface area (Å²) in [6.07, 6.45) is -0.311. The largest absolute Gasteiger partial charge is 0.393 e. The van der Waals surface area contributed by atoms with Crippen LogP contribution in [0.4, 0.5) is 0 Å². The summed E-state index contributed by atoms with van der Waals surface area (Å²) in [7, 11) is 0. The van der Waals surface area contributed by atoms with E-state index in [0.29, 0.717) is 6.42 Å². The summed E-state index contributed by atoms with van der Waals surface area (Å²) >= 11 is 0. The van der Waals surface area contributed by atoms with Crippen molar-refractivity contribution in [1.29, 1.82) is 0 Å². The maximum atomic E-state index is 11.0. The molecule has 0 aromatic heterocycles. The highest BCUT2D eigenvalue weighted by molar-refractivity contribution is 5.87. The number of esters is 2. The zero-order chi connectivity index (χ0) is 11.9. The number of rotatable bonds is 6. The van der Waals surface area contributed by atoms with E-state index in [4.69, 9.17) is 11.6 Å². The third-order valence-electron chi connectivity index (χ3n) is 1.58. The summed E-state index contributed by atoms with van der Waals surface area (Å²) in [6.45, 7) is 0.860. The van der Waals surface area contributed by atoms with Crippen LogP contribution in [-0.4, -0.2) is 34.8 Å². The minimum absolute atomic E-state index is 0.0705. The molecule has 0 aliphatic carbocycles. The van der Waals surface area contributed by atoms with E-state index in [1.165, 1.54) is 0 Å². The van der Waals surface area contributed by atoms with E-state index in [9.17, 15) is 9.59 Å². The van der Waals surface area contributed by atoms with Gasteiger partial charge in [-0.2, -0.15) is 0 Å². The van der Waals surface area contributed by atoms with Gasteiger partial charge >= 0.3 is 11.9 Å². The van der Waals surface area contributed by atoms with Gasteiger partial charge in [0.05, 0.1) is 7.98 Å². The van der Waals surface area contributed by atoms with Crippen LogP contribution >= 0.6 is 0 Å². The number of aliphatic hydroxyl groups is 2. The first kappa shape index (κ1) is 11.1. The van der Waals surface area contributed by atoms with E-state index in [1.807, 2.05) is 6.92 Å². The Balaban J connectivity index is 3.92. The van der Waals surface area contributed by atoms with Gasteiger partial charge in [0.15, 0.2) is 6.08 Å². The predicted molar refractivity (Wildman–Crippen MR) is 48.3 cm³/mol. The van der Waals surface area contributed by atoms with Crippen molar-refractivity contribution in [3.8, 4) is 0 Å². The Labute approximate surface area is 84.1 Å². The second-order valence-corrected chi connectivity index (χ2v) is 2.82. The van der Waals surface area contributed by atoms with Gasteiger partial charge in [-0.3, -0.25) is 4.79 Å². The molecule has 0 aliphatic heterocycles. The number of aliphatic hydroxyl groups excluding tert-OH is 1. The van der Waals surface area contributed by atoms with Gasteiger partial charge in [-0.15, -0.1) is 0 Å². The molecule has 0 heterocycles. The Morgan fingerprint density at radius 2 is 2.14 bits per heavy atom. The minimum Gasteiger partial charge on any atom is -0.393 e. The predicted octanol–water partition coefficient (Wildman–Crippen LogP) is -0.0103. The van der Waals surface area contributed by atoms with E-state index in [2.05, 4.69) is 4.74 Å². The van der Waals surface area contributed by atoms with Crippen LogP contribution in [0.25, 0.3) is 0 Å². The van der Waals surface area contributed by atoms with Crippen molar-refractivity contribution < 1.29 is 25.9 Å². The Morgan fingerprint density at radius 3 is 2.64 bits per heavy atom. The van der Waals surface area contributed by atoms with Crippen LogP contribution in [0.2, 0.25) is 0 Å². The molecule has 0 fully saturated rings. The van der Waals surface area contributed by atoms with Gasteiger partial charge in [-0.1, -0.05) is 19.8 Å². The van der Waals surface area contributed by atoms with E-state index in [0.717, 1.165) is 12.8 Å². The fourth-order valence-corrected chi connectivity index (χ4v) is 0.797. The molecule has 0 radical (unpaired) electrons. The third kappa shape index (κ3) is 5.66. The Kier molecular flexibility index (Phi) is 5.94. The summed E-state index contributed by atoms with van der Waals surface area (Å²) in [4.78, 5) is 21.9. The molecular formula is C9H16O5. The number of unbranched alkanes of at least 4 members (excludes halogenated alkanes) is 2. The number of ether oxygens (including phenoxy) is 1. The zero-order valence-corrected chi connectivity index (χ0v) is 8.15. The van der Waals surface area contributed by atoms with Gasteiger partial charge < -0.3 is 14.9 Å². The highest BCUT2D eigenvalue weighted by atomic mass is 16.6. The van der Waals surface area contributed by atoms with Crippen LogP contribution in [0.5, 0.6) is 0 Å². The van der Waals surface area contributed by atoms with Crippen LogP contribution in [0.3, 0.4) is 0 Å². The average molecular weight is 205 g/mol. The monoisotopic (exact) mass is 205 g/mol. The standard InChI is InChI=1S/C9H16O5/c1-2-3-4-5-8(12)14-9(13)7(11)6-10/h7,10-11H,2-6H2,1H3/i7D. The lowest BCUT2D eigenvalue weighted by Crippen LogP contribution is -2.28. The normalized spacial score (nSPS) is 15.5. The summed E-state index contributed by atoms with van der Waals surface area (Å²) < 4.78 is 11.0. The topological polar surface area (TPSA) is 83.8 Å². The van der Waals surface area contributed by atoms with Gasteiger partial charge in [-0.05, 0) is 6.42 Å². The molecule has 1 atom stereocenters. The number of hydrogen-bond acceptors (Lipinski definition) is 5. The summed E-state index contributed by atoms with van der Waals surface area (Å²) in [5.74, 6) is -2.22. The van der Waals surface area contributed by atoms with Crippen LogP contribution in [0.1, 0.15) is 34.0 Å². The summed E-state index contributed by atoms with van der Waals surface area (Å²) in [5, 5.41) is 17.3. The molecule has 0 spiro atoms. The smallest absolute Gasteiger partial charge is 0.345 e. The number of hydrogen-bond donors (Lipinski definition) is 2. The molecule has 0 amide bonds. The molecule has 0 aromatic rings. The van der Waals surface area contributed by atoms with Gasteiger partial charge in [0.2, 0.25) is 0 Å². The number of carbonyl (C=O) groups is 2. The Morgan fingerprint density at radius 1 is 1.50 bits per heavy atom. The molecule has 0 saturated carbocycles. The lowest BCUT2D eigenvalue weighted by Gasteiger charge is -2.05. The highest BCUT2D eigenvalue weighted by Gasteiger charge is 2.18. The SMILES string of the molecule is [2H]C(O)(CO)C(=O)OC(=O)CCCCC. The first-order valence-corrected chi connectivity index (χ1v) is 4.52. The second-order valence-electron chi connectivity index (χ2n) is 2.82. The quantitative estimate of drug-likeness (QED) is 0.362. The lowest BCUT2D eigenvalue weighted by molar-refractivity contribution is -0.167. The van der Waals surface area contributed by atoms with Crippen LogP contribution < -0.4 is 0 Å². The van der Waals surface area contributed by atoms with Crippen molar-refractivity contribution in [2.24, 2.45) is 0 Å². The van der Waals surface area contributed by atoms with Crippen molar-refractivity contribution in [2.75, 3.05) is 6.61 Å². The van der Waals surface area contributed by atoms with E-state index in [1.54, 1.807) is 0 Å². The van der Waals surface area contributed by atoms with Crippen LogP contribution in [0.15, 0.2) is 0 Å². The first-order valence-electron chi connectivity index (χ1n) is 5.02. The van der Waals surface area contributed by atoms with E-state index < -0.39 is 24.6 Å². The Bertz CT molecular complexity index is 227. The fraction of sp³-hybridized carbons (Fsp3) is 0.778. The third-order valence-corrected chi connectivity index (χ3v) is 1.58. The van der Waals surface area contributed by atoms with Gasteiger partial charge in [0.25, 0.3) is 0 Å². The van der Waals surface area contributed by atoms with Crippen molar-refractivity contribution in [2.45, 2.75) is 38.7 Å². The van der Waals surface area contributed by atoms with Gasteiger partial charge in [-0.25, -0.2) is 4.79 Å². The fourth-order valence-electron chi connectivity index (χ4n) is 0.797. The van der Waals surface area contributed by atoms with Crippen molar-refractivity contribution >= 4 is 11.9 Å². The lowest BCUT2D eigenvalue weighted by atomic mass is 10.2. The summed E-state index contributed by atoms with van der Waals surface area (Å²) in [6, 6.07) is 0. The molecule has 5 nitrogen and oxygen atoms in total. The van der Waals surface area contributed by atoms with Crippen molar-refractivity contribution in [3.63, 3.8) is 0 Å². The molecule has 0 saturated heterocycles. The van der Waals surface area contributed by atoms with Crippen molar-refractivity contribution in [3.05, 3.63) is 0 Å². The average Bonchev–Trinajstić information content (AvgIpc) is 2.18. The molecule has 82 valence electrons. The molecule has 5 heteroatoms. The number of carbonyl (C=O) groups excluding carboxylic acids is 2. The molecule has 2 N–H and O–H groups in total. The highest BCUT2D eigenvalue weighted by Crippen LogP contribution is 2.01.